The van der Waals surface area contributed by atoms with Crippen LogP contribution in [0.25, 0.3) is 0 Å². The molecule has 0 aromatic heterocycles. The van der Waals surface area contributed by atoms with Crippen LogP contribution < -0.4 is 10.1 Å². The molecule has 2 rings (SSSR count). The summed E-state index contributed by atoms with van der Waals surface area (Å²) in [5, 5.41) is 21.8. The van der Waals surface area contributed by atoms with E-state index in [4.69, 9.17) is 10.00 Å². The summed E-state index contributed by atoms with van der Waals surface area (Å²) in [5.41, 5.74) is 1.65. The summed E-state index contributed by atoms with van der Waals surface area (Å²) in [7, 11) is 1.57. The third-order valence-electron chi connectivity index (χ3n) is 4.17. The average molecular weight is 274 g/mol. The molecule has 1 aliphatic rings. The summed E-state index contributed by atoms with van der Waals surface area (Å²) in [4.78, 5) is 0. The molecule has 0 spiro atoms. The van der Waals surface area contributed by atoms with Crippen LogP contribution in [0.2, 0.25) is 0 Å². The number of aliphatic hydroxyl groups excluding tert-OH is 1. The lowest BCUT2D eigenvalue weighted by Crippen LogP contribution is -2.26. The van der Waals surface area contributed by atoms with Crippen LogP contribution in [0.1, 0.15) is 30.4 Å². The smallest absolute Gasteiger partial charge is 0.136 e. The van der Waals surface area contributed by atoms with Crippen molar-refractivity contribution in [1.29, 1.82) is 5.26 Å². The molecule has 0 amide bonds. The second kappa shape index (κ2) is 7.28. The SMILES string of the molecule is COc1ccc(CNCC2CCCC2CO)cc1C#N. The number of nitriles is 1. The van der Waals surface area contributed by atoms with Crippen molar-refractivity contribution < 1.29 is 9.84 Å². The molecule has 2 atom stereocenters. The molecule has 0 radical (unpaired) electrons. The number of benzene rings is 1. The number of nitrogens with one attached hydrogen (secondary N) is 1. The summed E-state index contributed by atoms with van der Waals surface area (Å²) in [6.07, 6.45) is 3.56. The van der Waals surface area contributed by atoms with Crippen LogP contribution in [0.3, 0.4) is 0 Å². The molecule has 108 valence electrons. The van der Waals surface area contributed by atoms with Gasteiger partial charge in [0.05, 0.1) is 12.7 Å². The van der Waals surface area contributed by atoms with Gasteiger partial charge in [-0.05, 0) is 48.9 Å². The Labute approximate surface area is 120 Å². The summed E-state index contributed by atoms with van der Waals surface area (Å²) >= 11 is 0. The first-order chi connectivity index (χ1) is 9.78. The van der Waals surface area contributed by atoms with Crippen molar-refractivity contribution in [2.45, 2.75) is 25.8 Å². The number of hydrogen-bond acceptors (Lipinski definition) is 4. The second-order valence-corrected chi connectivity index (χ2v) is 5.41. The van der Waals surface area contributed by atoms with Crippen molar-refractivity contribution in [3.8, 4) is 11.8 Å². The fourth-order valence-electron chi connectivity index (χ4n) is 2.98. The molecule has 1 aromatic rings. The number of rotatable bonds is 6. The third kappa shape index (κ3) is 3.50. The van der Waals surface area contributed by atoms with Gasteiger partial charge in [0.15, 0.2) is 0 Å². The van der Waals surface area contributed by atoms with Gasteiger partial charge in [-0.25, -0.2) is 0 Å². The minimum Gasteiger partial charge on any atom is -0.495 e. The molecule has 1 aliphatic carbocycles. The van der Waals surface area contributed by atoms with Crippen LogP contribution in [0.15, 0.2) is 18.2 Å². The number of aliphatic hydroxyl groups is 1. The predicted octanol–water partition coefficient (Wildman–Crippen LogP) is 2.07. The highest BCUT2D eigenvalue weighted by atomic mass is 16.5. The molecule has 0 bridgehead atoms. The van der Waals surface area contributed by atoms with E-state index in [0.717, 1.165) is 25.1 Å². The minimum absolute atomic E-state index is 0.299. The number of ether oxygens (including phenoxy) is 1. The summed E-state index contributed by atoms with van der Waals surface area (Å²) in [6.45, 7) is 1.97. The Balaban J connectivity index is 1.87. The topological polar surface area (TPSA) is 65.3 Å². The van der Waals surface area contributed by atoms with E-state index in [1.165, 1.54) is 12.8 Å². The minimum atomic E-state index is 0.299. The Hall–Kier alpha value is -1.57. The summed E-state index contributed by atoms with van der Waals surface area (Å²) in [5.74, 6) is 1.65. The zero-order valence-corrected chi connectivity index (χ0v) is 11.9. The van der Waals surface area contributed by atoms with Gasteiger partial charge >= 0.3 is 0 Å². The molecule has 0 heterocycles. The van der Waals surface area contributed by atoms with E-state index in [1.807, 2.05) is 18.2 Å². The van der Waals surface area contributed by atoms with Gasteiger partial charge in [-0.1, -0.05) is 12.5 Å². The van der Waals surface area contributed by atoms with Crippen molar-refractivity contribution in [1.82, 2.24) is 5.32 Å². The first-order valence-corrected chi connectivity index (χ1v) is 7.17. The maximum absolute atomic E-state index is 9.30. The van der Waals surface area contributed by atoms with Gasteiger partial charge in [0.25, 0.3) is 0 Å². The highest BCUT2D eigenvalue weighted by Crippen LogP contribution is 2.30. The second-order valence-electron chi connectivity index (χ2n) is 5.41. The molecule has 2 unspecified atom stereocenters. The highest BCUT2D eigenvalue weighted by molar-refractivity contribution is 5.45. The first-order valence-electron chi connectivity index (χ1n) is 7.17. The van der Waals surface area contributed by atoms with Crippen molar-refractivity contribution in [3.63, 3.8) is 0 Å². The van der Waals surface area contributed by atoms with E-state index in [2.05, 4.69) is 11.4 Å². The van der Waals surface area contributed by atoms with Gasteiger partial charge in [0, 0.05) is 13.2 Å². The van der Waals surface area contributed by atoms with Crippen molar-refractivity contribution in [2.75, 3.05) is 20.3 Å². The van der Waals surface area contributed by atoms with Crippen LogP contribution in [0, 0.1) is 23.2 Å². The lowest BCUT2D eigenvalue weighted by atomic mass is 9.97. The molecular formula is C16H22N2O2. The Morgan fingerprint density at radius 3 is 2.90 bits per heavy atom. The molecule has 4 nitrogen and oxygen atoms in total. The monoisotopic (exact) mass is 274 g/mol. The number of hydrogen-bond donors (Lipinski definition) is 2. The number of nitrogens with zero attached hydrogens (tertiary/aromatic N) is 1. The van der Waals surface area contributed by atoms with Crippen LogP contribution in [-0.4, -0.2) is 25.4 Å². The van der Waals surface area contributed by atoms with E-state index >= 15 is 0 Å². The predicted molar refractivity (Wildman–Crippen MR) is 77.3 cm³/mol. The Kier molecular flexibility index (Phi) is 5.40. The lowest BCUT2D eigenvalue weighted by Gasteiger charge is -2.18. The normalized spacial score (nSPS) is 21.6. The molecule has 0 saturated heterocycles. The quantitative estimate of drug-likeness (QED) is 0.833. The zero-order chi connectivity index (χ0) is 14.4. The van der Waals surface area contributed by atoms with E-state index < -0.39 is 0 Å². The molecule has 4 heteroatoms. The van der Waals surface area contributed by atoms with Crippen molar-refractivity contribution >= 4 is 0 Å². The lowest BCUT2D eigenvalue weighted by molar-refractivity contribution is 0.192. The average Bonchev–Trinajstić information content (AvgIpc) is 2.94. The molecule has 1 fully saturated rings. The molecule has 0 aliphatic heterocycles. The van der Waals surface area contributed by atoms with Gasteiger partial charge in [-0.3, -0.25) is 0 Å². The van der Waals surface area contributed by atoms with Gasteiger partial charge in [-0.2, -0.15) is 5.26 Å². The largest absolute Gasteiger partial charge is 0.495 e. The first kappa shape index (κ1) is 14.8. The molecule has 2 N–H and O–H groups in total. The van der Waals surface area contributed by atoms with Gasteiger partial charge in [0.1, 0.15) is 11.8 Å². The summed E-state index contributed by atoms with van der Waals surface area (Å²) in [6, 6.07) is 7.83. The van der Waals surface area contributed by atoms with Crippen LogP contribution in [-0.2, 0) is 6.54 Å². The fourth-order valence-corrected chi connectivity index (χ4v) is 2.98. The molecule has 1 aromatic carbocycles. The Morgan fingerprint density at radius 2 is 2.20 bits per heavy atom. The van der Waals surface area contributed by atoms with Gasteiger partial charge < -0.3 is 15.2 Å². The maximum atomic E-state index is 9.30. The maximum Gasteiger partial charge on any atom is 0.136 e. The van der Waals surface area contributed by atoms with E-state index in [1.54, 1.807) is 7.11 Å². The zero-order valence-electron chi connectivity index (χ0n) is 11.9. The van der Waals surface area contributed by atoms with E-state index in [9.17, 15) is 5.11 Å². The highest BCUT2D eigenvalue weighted by Gasteiger charge is 2.25. The van der Waals surface area contributed by atoms with Gasteiger partial charge in [0.2, 0.25) is 0 Å². The fraction of sp³-hybridized carbons (Fsp3) is 0.562. The van der Waals surface area contributed by atoms with Crippen LogP contribution in [0.4, 0.5) is 0 Å². The Bertz CT molecular complexity index is 482. The number of methoxy groups -OCH3 is 1. The van der Waals surface area contributed by atoms with Crippen LogP contribution >= 0.6 is 0 Å². The molecule has 20 heavy (non-hydrogen) atoms. The summed E-state index contributed by atoms with van der Waals surface area (Å²) < 4.78 is 5.13. The van der Waals surface area contributed by atoms with Crippen LogP contribution in [0.5, 0.6) is 5.75 Å². The molecule has 1 saturated carbocycles. The third-order valence-corrected chi connectivity index (χ3v) is 4.17. The van der Waals surface area contributed by atoms with Crippen molar-refractivity contribution in [2.24, 2.45) is 11.8 Å². The van der Waals surface area contributed by atoms with Crippen molar-refractivity contribution in [3.05, 3.63) is 29.3 Å². The van der Waals surface area contributed by atoms with Gasteiger partial charge in [-0.15, -0.1) is 0 Å². The van der Waals surface area contributed by atoms with E-state index in [0.29, 0.717) is 29.8 Å². The van der Waals surface area contributed by atoms with E-state index in [-0.39, 0.29) is 0 Å². The standard InChI is InChI=1S/C16H22N2O2/c1-20-16-6-5-12(7-15(16)8-17)9-18-10-13-3-2-4-14(13)11-19/h5-7,13-14,18-19H,2-4,9-11H2,1H3. The molecular weight excluding hydrogens is 252 g/mol. The Morgan fingerprint density at radius 1 is 1.40 bits per heavy atom.